The summed E-state index contributed by atoms with van der Waals surface area (Å²) in [6.07, 6.45) is 0. The summed E-state index contributed by atoms with van der Waals surface area (Å²) in [6, 6.07) is 60.3. The van der Waals surface area contributed by atoms with E-state index in [1.54, 1.807) is 0 Å². The van der Waals surface area contributed by atoms with Gasteiger partial charge in [0.05, 0.1) is 33.7 Å². The van der Waals surface area contributed by atoms with Crippen LogP contribution in [0.2, 0.25) is 0 Å². The molecule has 7 aromatic carbocycles. The first kappa shape index (κ1) is 26.1. The Morgan fingerprint density at radius 3 is 1.46 bits per heavy atom. The number of hydrogen-bond donors (Lipinski definition) is 0. The molecule has 9 rings (SSSR count). The fourth-order valence-corrected chi connectivity index (χ4v) is 7.00. The molecule has 46 heavy (non-hydrogen) atoms. The average molecular weight is 586 g/mol. The lowest BCUT2D eigenvalue weighted by Gasteiger charge is -2.11. The van der Waals surface area contributed by atoms with Crippen LogP contribution in [0.1, 0.15) is 5.56 Å². The van der Waals surface area contributed by atoms with E-state index >= 15 is 0 Å². The van der Waals surface area contributed by atoms with Crippen molar-refractivity contribution in [3.8, 4) is 39.7 Å². The molecule has 0 spiro atoms. The normalized spacial score (nSPS) is 11.5. The van der Waals surface area contributed by atoms with Crippen LogP contribution in [0.5, 0.6) is 0 Å². The van der Waals surface area contributed by atoms with E-state index in [1.807, 2.05) is 24.3 Å². The monoisotopic (exact) mass is 585 g/mol. The van der Waals surface area contributed by atoms with Crippen LogP contribution in [0, 0.1) is 11.3 Å². The zero-order valence-corrected chi connectivity index (χ0v) is 24.9. The van der Waals surface area contributed by atoms with Gasteiger partial charge in [-0.2, -0.15) is 5.26 Å². The molecule has 0 radical (unpaired) electrons. The highest BCUT2D eigenvalue weighted by Crippen LogP contribution is 2.38. The SMILES string of the molecule is N#Cc1ccc(-n2c3ccccc3c3cc(-c4ccc5c(c4)c4ccccc4n5-c4cccc(-c5ccccc5)c4)ccc32)cc1. The van der Waals surface area contributed by atoms with Gasteiger partial charge >= 0.3 is 0 Å². The third-order valence-electron chi connectivity index (χ3n) is 9.14. The van der Waals surface area contributed by atoms with Crippen LogP contribution in [-0.2, 0) is 0 Å². The molecule has 0 fully saturated rings. The molecule has 0 saturated carbocycles. The summed E-state index contributed by atoms with van der Waals surface area (Å²) in [6.45, 7) is 0. The Labute approximate surface area is 266 Å². The Morgan fingerprint density at radius 2 is 0.848 bits per heavy atom. The molecule has 0 N–H and O–H groups in total. The van der Waals surface area contributed by atoms with E-state index in [0.29, 0.717) is 5.56 Å². The number of nitrogens with zero attached hydrogens (tertiary/aromatic N) is 3. The molecule has 0 saturated heterocycles. The highest BCUT2D eigenvalue weighted by Gasteiger charge is 2.16. The lowest BCUT2D eigenvalue weighted by Crippen LogP contribution is -1.94. The van der Waals surface area contributed by atoms with Gasteiger partial charge in [0.15, 0.2) is 0 Å². The van der Waals surface area contributed by atoms with Crippen molar-refractivity contribution in [2.75, 3.05) is 0 Å². The molecular formula is C43H27N3. The summed E-state index contributed by atoms with van der Waals surface area (Å²) in [4.78, 5) is 0. The van der Waals surface area contributed by atoms with Crippen LogP contribution in [0.3, 0.4) is 0 Å². The van der Waals surface area contributed by atoms with Crippen molar-refractivity contribution in [1.82, 2.24) is 9.13 Å². The van der Waals surface area contributed by atoms with E-state index in [0.717, 1.165) is 22.4 Å². The molecule has 3 nitrogen and oxygen atoms in total. The Morgan fingerprint density at radius 1 is 0.348 bits per heavy atom. The van der Waals surface area contributed by atoms with E-state index in [-0.39, 0.29) is 0 Å². The van der Waals surface area contributed by atoms with Crippen LogP contribution < -0.4 is 0 Å². The van der Waals surface area contributed by atoms with E-state index in [1.165, 1.54) is 54.8 Å². The molecule has 0 bridgehead atoms. The average Bonchev–Trinajstić information content (AvgIpc) is 3.64. The van der Waals surface area contributed by atoms with Crippen molar-refractivity contribution in [3.05, 3.63) is 169 Å². The summed E-state index contributed by atoms with van der Waals surface area (Å²) < 4.78 is 4.67. The molecule has 3 heteroatoms. The maximum absolute atomic E-state index is 9.32. The molecule has 2 heterocycles. The molecule has 0 aliphatic carbocycles. The smallest absolute Gasteiger partial charge is 0.0991 e. The topological polar surface area (TPSA) is 33.6 Å². The summed E-state index contributed by atoms with van der Waals surface area (Å²) in [5.41, 5.74) is 12.3. The number of rotatable bonds is 4. The Kier molecular flexibility index (Phi) is 5.88. The van der Waals surface area contributed by atoms with Gasteiger partial charge in [0, 0.05) is 32.9 Å². The van der Waals surface area contributed by atoms with Crippen LogP contribution in [0.25, 0.3) is 77.2 Å². The first-order chi connectivity index (χ1) is 22.8. The largest absolute Gasteiger partial charge is 0.309 e. The Balaban J connectivity index is 1.21. The fraction of sp³-hybridized carbons (Fsp3) is 0. The van der Waals surface area contributed by atoms with Gasteiger partial charge in [0.25, 0.3) is 0 Å². The predicted molar refractivity (Wildman–Crippen MR) is 191 cm³/mol. The minimum absolute atomic E-state index is 0.660. The lowest BCUT2D eigenvalue weighted by molar-refractivity contribution is 1.18. The number of nitriles is 1. The van der Waals surface area contributed by atoms with Gasteiger partial charge in [-0.15, -0.1) is 0 Å². The van der Waals surface area contributed by atoms with Crippen molar-refractivity contribution in [2.24, 2.45) is 0 Å². The highest BCUT2D eigenvalue weighted by atomic mass is 15.0. The van der Waals surface area contributed by atoms with Crippen molar-refractivity contribution in [1.29, 1.82) is 5.26 Å². The van der Waals surface area contributed by atoms with Crippen molar-refractivity contribution in [3.63, 3.8) is 0 Å². The van der Waals surface area contributed by atoms with Crippen LogP contribution in [0.4, 0.5) is 0 Å². The molecular weight excluding hydrogens is 558 g/mol. The minimum Gasteiger partial charge on any atom is -0.309 e. The number of para-hydroxylation sites is 2. The lowest BCUT2D eigenvalue weighted by atomic mass is 10.0. The summed E-state index contributed by atoms with van der Waals surface area (Å²) in [7, 11) is 0. The summed E-state index contributed by atoms with van der Waals surface area (Å²) >= 11 is 0. The van der Waals surface area contributed by atoms with Gasteiger partial charge in [-0.05, 0) is 95.1 Å². The second-order valence-corrected chi connectivity index (χ2v) is 11.7. The molecule has 0 aliphatic rings. The van der Waals surface area contributed by atoms with Crippen molar-refractivity contribution < 1.29 is 0 Å². The highest BCUT2D eigenvalue weighted by molar-refractivity contribution is 6.12. The minimum atomic E-state index is 0.660. The molecule has 9 aromatic rings. The van der Waals surface area contributed by atoms with Gasteiger partial charge in [0.1, 0.15) is 0 Å². The van der Waals surface area contributed by atoms with E-state index in [9.17, 15) is 5.26 Å². The number of benzene rings is 7. The van der Waals surface area contributed by atoms with Crippen molar-refractivity contribution >= 4 is 43.6 Å². The quantitative estimate of drug-likeness (QED) is 0.202. The number of hydrogen-bond acceptors (Lipinski definition) is 1. The first-order valence-electron chi connectivity index (χ1n) is 15.5. The Hall–Kier alpha value is -6.37. The standard InChI is InChI=1S/C43H27N3/c44-28-29-17-21-34(22-18-29)45-40-15-6-4-13-36(40)38-26-32(19-23-42(38)45)33-20-24-43-39(27-33)37-14-5-7-16-41(37)46(43)35-12-8-11-31(25-35)30-9-2-1-3-10-30/h1-27H. The van der Waals surface area contributed by atoms with Crippen LogP contribution >= 0.6 is 0 Å². The molecule has 0 unspecified atom stereocenters. The fourth-order valence-electron chi connectivity index (χ4n) is 7.00. The maximum Gasteiger partial charge on any atom is 0.0991 e. The third-order valence-corrected chi connectivity index (χ3v) is 9.14. The molecule has 2 aromatic heterocycles. The van der Waals surface area contributed by atoms with Crippen molar-refractivity contribution in [2.45, 2.75) is 0 Å². The third kappa shape index (κ3) is 4.05. The molecule has 214 valence electrons. The van der Waals surface area contributed by atoms with Gasteiger partial charge in [-0.3, -0.25) is 0 Å². The van der Waals surface area contributed by atoms with Gasteiger partial charge < -0.3 is 9.13 Å². The number of fused-ring (bicyclic) bond motifs is 6. The van der Waals surface area contributed by atoms with E-state index in [2.05, 4.69) is 155 Å². The van der Waals surface area contributed by atoms with E-state index < -0.39 is 0 Å². The second-order valence-electron chi connectivity index (χ2n) is 11.7. The summed E-state index contributed by atoms with van der Waals surface area (Å²) in [5, 5.41) is 14.2. The van der Waals surface area contributed by atoms with E-state index in [4.69, 9.17) is 0 Å². The second kappa shape index (κ2) is 10.4. The molecule has 0 aliphatic heterocycles. The number of aromatic nitrogens is 2. The van der Waals surface area contributed by atoms with Gasteiger partial charge in [-0.25, -0.2) is 0 Å². The van der Waals surface area contributed by atoms with Crippen LogP contribution in [-0.4, -0.2) is 9.13 Å². The Bertz CT molecular complexity index is 2630. The zero-order valence-electron chi connectivity index (χ0n) is 24.9. The van der Waals surface area contributed by atoms with Crippen LogP contribution in [0.15, 0.2) is 164 Å². The predicted octanol–water partition coefficient (Wildman–Crippen LogP) is 11.1. The van der Waals surface area contributed by atoms with Gasteiger partial charge in [-0.1, -0.05) is 91.0 Å². The molecule has 0 atom stereocenters. The zero-order chi connectivity index (χ0) is 30.6. The molecule has 0 amide bonds. The first-order valence-corrected chi connectivity index (χ1v) is 15.5. The van der Waals surface area contributed by atoms with Gasteiger partial charge in [0.2, 0.25) is 0 Å². The summed E-state index contributed by atoms with van der Waals surface area (Å²) in [5.74, 6) is 0. The maximum atomic E-state index is 9.32.